The summed E-state index contributed by atoms with van der Waals surface area (Å²) in [5, 5.41) is 0. The summed E-state index contributed by atoms with van der Waals surface area (Å²) in [6.07, 6.45) is 5.48. The maximum Gasteiger partial charge on any atom is 0.244 e. The van der Waals surface area contributed by atoms with Crippen molar-refractivity contribution in [1.29, 1.82) is 0 Å². The summed E-state index contributed by atoms with van der Waals surface area (Å²) in [5.41, 5.74) is 4.52. The van der Waals surface area contributed by atoms with E-state index < -0.39 is 10.0 Å². The van der Waals surface area contributed by atoms with Gasteiger partial charge in [-0.3, -0.25) is 4.79 Å². The van der Waals surface area contributed by atoms with Crippen molar-refractivity contribution in [3.63, 3.8) is 0 Å². The van der Waals surface area contributed by atoms with Gasteiger partial charge in [-0.1, -0.05) is 52.9 Å². The van der Waals surface area contributed by atoms with Crippen LogP contribution < -0.4 is 4.90 Å². The highest BCUT2D eigenvalue weighted by Crippen LogP contribution is 2.36. The molecule has 1 atom stereocenters. The van der Waals surface area contributed by atoms with Crippen LogP contribution in [0, 0.1) is 20.8 Å². The number of benzene rings is 2. The zero-order valence-corrected chi connectivity index (χ0v) is 22.3. The van der Waals surface area contributed by atoms with Gasteiger partial charge in [0.15, 0.2) is 0 Å². The zero-order chi connectivity index (χ0) is 23.9. The van der Waals surface area contributed by atoms with Crippen molar-refractivity contribution in [3.8, 4) is 0 Å². The summed E-state index contributed by atoms with van der Waals surface area (Å²) in [6.45, 7) is 7.58. The van der Waals surface area contributed by atoms with E-state index in [4.69, 9.17) is 0 Å². The number of halogens is 1. The minimum atomic E-state index is -3.83. The number of carbonyl (C=O) groups excluding carboxylic acids is 1. The molecule has 0 saturated heterocycles. The molecule has 1 fully saturated rings. The monoisotopic (exact) mass is 532 g/mol. The quantitative estimate of drug-likeness (QED) is 0.497. The van der Waals surface area contributed by atoms with E-state index in [9.17, 15) is 13.2 Å². The van der Waals surface area contributed by atoms with E-state index in [2.05, 4.69) is 15.9 Å². The maximum atomic E-state index is 14.1. The Labute approximate surface area is 206 Å². The van der Waals surface area contributed by atoms with Gasteiger partial charge in [-0.25, -0.2) is 8.42 Å². The number of hydrogen-bond acceptors (Lipinski definition) is 3. The lowest BCUT2D eigenvalue weighted by atomic mass is 9.95. The number of anilines is 1. The molecule has 2 aliphatic rings. The predicted octanol–water partition coefficient (Wildman–Crippen LogP) is 5.68. The van der Waals surface area contributed by atoms with E-state index in [1.807, 2.05) is 58.0 Å². The van der Waals surface area contributed by atoms with Crippen molar-refractivity contribution in [2.45, 2.75) is 83.2 Å². The highest BCUT2D eigenvalue weighted by Gasteiger charge is 2.39. The van der Waals surface area contributed by atoms with Crippen LogP contribution in [0.5, 0.6) is 0 Å². The third-order valence-corrected chi connectivity index (χ3v) is 9.67. The fourth-order valence-corrected chi connectivity index (χ4v) is 8.12. The molecule has 1 aliphatic heterocycles. The molecule has 33 heavy (non-hydrogen) atoms. The number of sulfonamides is 1. The van der Waals surface area contributed by atoms with Crippen molar-refractivity contribution < 1.29 is 13.2 Å². The van der Waals surface area contributed by atoms with Gasteiger partial charge in [-0.2, -0.15) is 4.31 Å². The zero-order valence-electron chi connectivity index (χ0n) is 19.9. The van der Waals surface area contributed by atoms with Gasteiger partial charge in [0.25, 0.3) is 0 Å². The van der Waals surface area contributed by atoms with Gasteiger partial charge in [0.05, 0.1) is 11.4 Å². The molecule has 7 heteroatoms. The molecule has 1 unspecified atom stereocenters. The van der Waals surface area contributed by atoms with Crippen LogP contribution >= 0.6 is 15.9 Å². The Morgan fingerprint density at radius 2 is 1.70 bits per heavy atom. The Bertz CT molecular complexity index is 1150. The number of aryl methyl sites for hydroxylation is 3. The average Bonchev–Trinajstić information content (AvgIpc) is 3.06. The molecule has 5 nitrogen and oxygen atoms in total. The van der Waals surface area contributed by atoms with Crippen LogP contribution in [0.4, 0.5) is 5.69 Å². The molecular formula is C26H33BrN2O3S. The normalized spacial score (nSPS) is 19.2. The highest BCUT2D eigenvalue weighted by atomic mass is 79.9. The molecule has 0 radical (unpaired) electrons. The van der Waals surface area contributed by atoms with Crippen molar-refractivity contribution in [2.75, 3.05) is 11.4 Å². The lowest BCUT2D eigenvalue weighted by molar-refractivity contribution is -0.119. The minimum absolute atomic E-state index is 0.000516. The van der Waals surface area contributed by atoms with Gasteiger partial charge < -0.3 is 4.90 Å². The van der Waals surface area contributed by atoms with Crippen LogP contribution in [-0.4, -0.2) is 37.3 Å². The molecule has 4 rings (SSSR count). The predicted molar refractivity (Wildman–Crippen MR) is 136 cm³/mol. The van der Waals surface area contributed by atoms with Crippen LogP contribution in [0.3, 0.4) is 0 Å². The summed E-state index contributed by atoms with van der Waals surface area (Å²) < 4.78 is 30.6. The first kappa shape index (κ1) is 24.4. The second kappa shape index (κ2) is 9.51. The van der Waals surface area contributed by atoms with Crippen LogP contribution in [0.25, 0.3) is 0 Å². The first-order chi connectivity index (χ1) is 15.6. The molecule has 0 spiro atoms. The van der Waals surface area contributed by atoms with E-state index in [0.29, 0.717) is 4.90 Å². The van der Waals surface area contributed by atoms with Gasteiger partial charge >= 0.3 is 0 Å². The Balaban J connectivity index is 1.71. The summed E-state index contributed by atoms with van der Waals surface area (Å²) in [4.78, 5) is 15.8. The first-order valence-electron chi connectivity index (χ1n) is 11.8. The molecule has 2 aromatic carbocycles. The second-order valence-corrected chi connectivity index (χ2v) is 12.4. The largest absolute Gasteiger partial charge is 0.308 e. The lowest BCUT2D eigenvalue weighted by Gasteiger charge is -2.35. The third-order valence-electron chi connectivity index (χ3n) is 6.97. The van der Waals surface area contributed by atoms with Gasteiger partial charge in [-0.05, 0) is 81.8 Å². The Morgan fingerprint density at radius 1 is 1.06 bits per heavy atom. The van der Waals surface area contributed by atoms with Crippen molar-refractivity contribution in [3.05, 3.63) is 57.1 Å². The number of carbonyl (C=O) groups is 1. The molecule has 1 saturated carbocycles. The van der Waals surface area contributed by atoms with Crippen LogP contribution in [-0.2, 0) is 21.2 Å². The lowest BCUT2D eigenvalue weighted by Crippen LogP contribution is -2.49. The number of amides is 1. The molecule has 178 valence electrons. The van der Waals surface area contributed by atoms with Crippen LogP contribution in [0.15, 0.2) is 39.7 Å². The van der Waals surface area contributed by atoms with E-state index in [1.54, 1.807) is 4.90 Å². The number of rotatable bonds is 5. The molecule has 0 N–H and O–H groups in total. The number of hydrogen-bond donors (Lipinski definition) is 0. The Morgan fingerprint density at radius 3 is 2.33 bits per heavy atom. The smallest absolute Gasteiger partial charge is 0.244 e. The van der Waals surface area contributed by atoms with E-state index in [0.717, 1.165) is 70.9 Å². The third kappa shape index (κ3) is 4.77. The van der Waals surface area contributed by atoms with Crippen LogP contribution in [0.1, 0.15) is 61.3 Å². The SMILES string of the molecule is Cc1cc(C)c(S(=O)(=O)N(CC(=O)N2c3ccc(Br)cc3CC2C)C2CCCCC2)c(C)c1. The summed E-state index contributed by atoms with van der Waals surface area (Å²) >= 11 is 3.51. The summed E-state index contributed by atoms with van der Waals surface area (Å²) in [5.74, 6) is -0.153. The molecule has 1 aliphatic carbocycles. The minimum Gasteiger partial charge on any atom is -0.308 e. The Kier molecular flexibility index (Phi) is 7.04. The molecule has 1 amide bonds. The van der Waals surface area contributed by atoms with Crippen molar-refractivity contribution in [1.82, 2.24) is 4.31 Å². The molecule has 0 bridgehead atoms. The molecule has 2 aromatic rings. The summed E-state index contributed by atoms with van der Waals surface area (Å²) in [6, 6.07) is 9.62. The summed E-state index contributed by atoms with van der Waals surface area (Å²) in [7, 11) is -3.83. The Hall–Kier alpha value is -1.70. The van der Waals surface area contributed by atoms with E-state index in [1.165, 1.54) is 4.31 Å². The highest BCUT2D eigenvalue weighted by molar-refractivity contribution is 9.10. The van der Waals surface area contributed by atoms with Gasteiger partial charge in [0, 0.05) is 22.2 Å². The number of fused-ring (bicyclic) bond motifs is 1. The van der Waals surface area contributed by atoms with Gasteiger partial charge in [0.1, 0.15) is 0 Å². The fraction of sp³-hybridized carbons (Fsp3) is 0.500. The van der Waals surface area contributed by atoms with Crippen LogP contribution in [0.2, 0.25) is 0 Å². The van der Waals surface area contributed by atoms with E-state index >= 15 is 0 Å². The second-order valence-electron chi connectivity index (χ2n) is 9.66. The molecular weight excluding hydrogens is 500 g/mol. The van der Waals surface area contributed by atoms with E-state index in [-0.39, 0.29) is 24.5 Å². The molecule has 1 heterocycles. The van der Waals surface area contributed by atoms with Crippen molar-refractivity contribution >= 4 is 37.5 Å². The average molecular weight is 534 g/mol. The fourth-order valence-electron chi connectivity index (χ4n) is 5.66. The standard InChI is InChI=1S/C26H33BrN2O3S/c1-17-12-18(2)26(19(3)13-17)33(31,32)28(23-8-6-5-7-9-23)16-25(30)29-20(4)14-21-15-22(27)10-11-24(21)29/h10-13,15,20,23H,5-9,14,16H2,1-4H3. The molecule has 0 aromatic heterocycles. The maximum absolute atomic E-state index is 14.1. The van der Waals surface area contributed by atoms with Crippen molar-refractivity contribution in [2.24, 2.45) is 0 Å². The number of nitrogens with zero attached hydrogens (tertiary/aromatic N) is 2. The van der Waals surface area contributed by atoms with Gasteiger partial charge in [0.2, 0.25) is 15.9 Å². The topological polar surface area (TPSA) is 57.7 Å². The first-order valence-corrected chi connectivity index (χ1v) is 14.0. The van der Waals surface area contributed by atoms with Gasteiger partial charge in [-0.15, -0.1) is 0 Å².